The average molecular weight is 473 g/mol. The Morgan fingerprint density at radius 1 is 1.38 bits per heavy atom. The summed E-state index contributed by atoms with van der Waals surface area (Å²) < 4.78 is 61.1. The van der Waals surface area contributed by atoms with Crippen LogP contribution in [0.1, 0.15) is 19.8 Å². The van der Waals surface area contributed by atoms with E-state index in [1.165, 1.54) is 17.3 Å². The normalized spacial score (nSPS) is 12.2. The largest absolute Gasteiger partial charge is 0.390 e. The van der Waals surface area contributed by atoms with Gasteiger partial charge in [-0.3, -0.25) is 10.0 Å². The van der Waals surface area contributed by atoms with Gasteiger partial charge in [0.1, 0.15) is 10.0 Å². The van der Waals surface area contributed by atoms with Crippen LogP contribution in [0.2, 0.25) is 5.15 Å². The summed E-state index contributed by atoms with van der Waals surface area (Å²) in [6.45, 7) is 1.81. The van der Waals surface area contributed by atoms with E-state index in [0.29, 0.717) is 10.6 Å². The predicted molar refractivity (Wildman–Crippen MR) is 102 cm³/mol. The van der Waals surface area contributed by atoms with E-state index in [-0.39, 0.29) is 16.7 Å². The van der Waals surface area contributed by atoms with Crippen molar-refractivity contribution in [1.29, 1.82) is 0 Å². The van der Waals surface area contributed by atoms with E-state index in [0.717, 1.165) is 16.1 Å². The third-order valence-corrected chi connectivity index (χ3v) is 6.94. The Kier molecular flexibility index (Phi) is 7.46. The fourth-order valence-electron chi connectivity index (χ4n) is 2.36. The molecule has 7 nitrogen and oxygen atoms in total. The number of thiazole rings is 1. The van der Waals surface area contributed by atoms with Crippen LogP contribution in [0.4, 0.5) is 18.2 Å². The van der Waals surface area contributed by atoms with Gasteiger partial charge in [-0.15, -0.1) is 0 Å². The Morgan fingerprint density at radius 3 is 2.66 bits per heavy atom. The van der Waals surface area contributed by atoms with Gasteiger partial charge in [-0.1, -0.05) is 22.9 Å². The summed E-state index contributed by atoms with van der Waals surface area (Å²) in [5.74, 6) is -2.34. The van der Waals surface area contributed by atoms with Crippen LogP contribution in [0, 0.1) is 0 Å². The molecule has 2 heterocycles. The third kappa shape index (κ3) is 6.82. The molecule has 2 aromatic rings. The van der Waals surface area contributed by atoms with Crippen LogP contribution >= 0.6 is 22.9 Å². The first-order chi connectivity index (χ1) is 13.4. The number of pyridine rings is 1. The van der Waals surface area contributed by atoms with E-state index in [4.69, 9.17) is 11.6 Å². The molecule has 1 N–H and O–H groups in total. The summed E-state index contributed by atoms with van der Waals surface area (Å²) in [6, 6.07) is 3.26. The molecule has 29 heavy (non-hydrogen) atoms. The molecule has 0 fully saturated rings. The van der Waals surface area contributed by atoms with Crippen LogP contribution in [0.3, 0.4) is 0 Å². The number of amides is 1. The maximum absolute atomic E-state index is 12.5. The highest BCUT2D eigenvalue weighted by atomic mass is 35.5. The van der Waals surface area contributed by atoms with E-state index in [2.05, 4.69) is 4.98 Å². The highest BCUT2D eigenvalue weighted by molar-refractivity contribution is 7.91. The summed E-state index contributed by atoms with van der Waals surface area (Å²) in [4.78, 5) is 17.9. The van der Waals surface area contributed by atoms with Gasteiger partial charge in [0, 0.05) is 23.8 Å². The lowest BCUT2D eigenvalue weighted by atomic mass is 10.3. The van der Waals surface area contributed by atoms with Gasteiger partial charge in [0.2, 0.25) is 18.3 Å². The molecule has 0 atom stereocenters. The Balaban J connectivity index is 2.12. The number of aromatic nitrogens is 2. The van der Waals surface area contributed by atoms with Crippen LogP contribution < -0.4 is 9.63 Å². The van der Waals surface area contributed by atoms with E-state index in [1.54, 1.807) is 19.1 Å². The van der Waals surface area contributed by atoms with Crippen molar-refractivity contribution in [3.05, 3.63) is 29.7 Å². The Bertz CT molecular complexity index is 980. The molecule has 160 valence electrons. The van der Waals surface area contributed by atoms with Crippen molar-refractivity contribution in [1.82, 2.24) is 4.98 Å². The number of carbonyl (C=O) groups is 1. The fourth-order valence-corrected chi connectivity index (χ4v) is 4.97. The molecule has 2 rings (SSSR count). The maximum Gasteiger partial charge on any atom is 0.390 e. The van der Waals surface area contributed by atoms with Gasteiger partial charge in [0.25, 0.3) is 0 Å². The zero-order chi connectivity index (χ0) is 21.8. The quantitative estimate of drug-likeness (QED) is 0.471. The standard InChI is InChI=1S/C16H18ClF3N3O4S2/c1-2-23(12(24)5-8-29(26,27)9-6-16(18,19)20)15-13(17)21-14(28-15)11-4-3-7-22(25)10-11/h3-4,7,10,25H,2,5-6,8-9H2,1H3/q+1. The van der Waals surface area contributed by atoms with E-state index in [1.807, 2.05) is 0 Å². The molecule has 0 unspecified atom stereocenters. The van der Waals surface area contributed by atoms with Gasteiger partial charge >= 0.3 is 6.18 Å². The van der Waals surface area contributed by atoms with E-state index < -0.39 is 46.3 Å². The summed E-state index contributed by atoms with van der Waals surface area (Å²) in [7, 11) is -4.03. The first-order valence-corrected chi connectivity index (χ1v) is 11.4. The highest BCUT2D eigenvalue weighted by Crippen LogP contribution is 2.37. The van der Waals surface area contributed by atoms with Crippen LogP contribution in [0.15, 0.2) is 24.5 Å². The second kappa shape index (κ2) is 9.26. The molecule has 0 spiro atoms. The minimum Gasteiger partial charge on any atom is -0.301 e. The Hall–Kier alpha value is -1.92. The van der Waals surface area contributed by atoms with Crippen LogP contribution in [0.5, 0.6) is 0 Å². The number of sulfone groups is 1. The fraction of sp³-hybridized carbons (Fsp3) is 0.438. The first-order valence-electron chi connectivity index (χ1n) is 8.36. The van der Waals surface area contributed by atoms with Gasteiger partial charge in [-0.2, -0.15) is 13.2 Å². The van der Waals surface area contributed by atoms with Crippen molar-refractivity contribution in [2.45, 2.75) is 25.9 Å². The minimum atomic E-state index is -4.58. The molecule has 0 aliphatic carbocycles. The molecule has 0 radical (unpaired) electrons. The highest BCUT2D eigenvalue weighted by Gasteiger charge is 2.30. The smallest absolute Gasteiger partial charge is 0.301 e. The van der Waals surface area contributed by atoms with Gasteiger partial charge in [-0.25, -0.2) is 13.4 Å². The van der Waals surface area contributed by atoms with Crippen molar-refractivity contribution in [3.63, 3.8) is 0 Å². The second-order valence-corrected chi connectivity index (χ2v) is 9.63. The molecular weight excluding hydrogens is 455 g/mol. The van der Waals surface area contributed by atoms with Crippen molar-refractivity contribution in [2.24, 2.45) is 0 Å². The van der Waals surface area contributed by atoms with Crippen LogP contribution in [-0.4, -0.2) is 48.7 Å². The predicted octanol–water partition coefficient (Wildman–Crippen LogP) is 3.10. The SMILES string of the molecule is CCN(C(=O)CCS(=O)(=O)CCC(F)(F)F)c1sc(-c2ccc[n+](O)c2)nc1Cl. The number of hydrogen-bond donors (Lipinski definition) is 1. The summed E-state index contributed by atoms with van der Waals surface area (Å²) in [6.07, 6.45) is -3.71. The summed E-state index contributed by atoms with van der Waals surface area (Å²) in [5, 5.41) is 10.2. The third-order valence-electron chi connectivity index (χ3n) is 3.79. The van der Waals surface area contributed by atoms with Crippen molar-refractivity contribution in [3.8, 4) is 10.6 Å². The zero-order valence-electron chi connectivity index (χ0n) is 15.2. The van der Waals surface area contributed by atoms with Gasteiger partial charge in [0.15, 0.2) is 15.0 Å². The Labute approximate surface area is 174 Å². The number of carbonyl (C=O) groups excluding carboxylic acids is 1. The first kappa shape index (κ1) is 23.4. The lowest BCUT2D eigenvalue weighted by Crippen LogP contribution is -2.32. The molecule has 13 heteroatoms. The lowest BCUT2D eigenvalue weighted by molar-refractivity contribution is -0.904. The number of halogens is 4. The minimum absolute atomic E-state index is 0.0217. The monoisotopic (exact) mass is 472 g/mol. The maximum atomic E-state index is 12.5. The average Bonchev–Trinajstić information content (AvgIpc) is 3.00. The summed E-state index contributed by atoms with van der Waals surface area (Å²) in [5.41, 5.74) is 0.548. The molecule has 0 bridgehead atoms. The van der Waals surface area contributed by atoms with Crippen LogP contribution in [0.25, 0.3) is 10.6 Å². The lowest BCUT2D eigenvalue weighted by Gasteiger charge is -2.19. The number of rotatable bonds is 8. The van der Waals surface area contributed by atoms with Crippen molar-refractivity contribution in [2.75, 3.05) is 23.0 Å². The topological polar surface area (TPSA) is 91.5 Å². The van der Waals surface area contributed by atoms with E-state index in [9.17, 15) is 31.6 Å². The number of alkyl halides is 3. The number of hydrogen-bond acceptors (Lipinski definition) is 6. The molecule has 0 aliphatic heterocycles. The van der Waals surface area contributed by atoms with Gasteiger partial charge in [0.05, 0.1) is 23.5 Å². The van der Waals surface area contributed by atoms with Gasteiger partial charge in [-0.05, 0) is 13.0 Å². The van der Waals surface area contributed by atoms with E-state index >= 15 is 0 Å². The zero-order valence-corrected chi connectivity index (χ0v) is 17.6. The molecule has 0 aliphatic rings. The summed E-state index contributed by atoms with van der Waals surface area (Å²) >= 11 is 7.20. The molecule has 2 aromatic heterocycles. The van der Waals surface area contributed by atoms with Crippen LogP contribution in [-0.2, 0) is 14.6 Å². The molecule has 1 amide bonds. The molecule has 0 aromatic carbocycles. The second-order valence-electron chi connectivity index (χ2n) is 5.99. The number of nitrogens with zero attached hydrogens (tertiary/aromatic N) is 3. The van der Waals surface area contributed by atoms with Gasteiger partial charge < -0.3 is 4.90 Å². The molecule has 0 saturated heterocycles. The Morgan fingerprint density at radius 2 is 2.07 bits per heavy atom. The molecule has 0 saturated carbocycles. The van der Waals surface area contributed by atoms with Crippen molar-refractivity contribution >= 4 is 43.7 Å². The molecular formula is C16H18ClF3N3O4S2+. The number of anilines is 1. The van der Waals surface area contributed by atoms with Crippen molar-refractivity contribution < 1.29 is 36.3 Å².